The fraction of sp³-hybridized carbons (Fsp3) is 0.471. The summed E-state index contributed by atoms with van der Waals surface area (Å²) < 4.78 is 17.3. The van der Waals surface area contributed by atoms with Gasteiger partial charge in [0, 0.05) is 23.3 Å². The first-order valence-corrected chi connectivity index (χ1v) is 8.57. The van der Waals surface area contributed by atoms with Crippen LogP contribution in [0.25, 0.3) is 0 Å². The van der Waals surface area contributed by atoms with Crippen molar-refractivity contribution in [1.29, 1.82) is 0 Å². The van der Waals surface area contributed by atoms with Gasteiger partial charge in [-0.25, -0.2) is 4.98 Å². The molecule has 4 nitrogen and oxygen atoms in total. The highest BCUT2D eigenvalue weighted by molar-refractivity contribution is 7.98. The Kier molecular flexibility index (Phi) is 4.34. The fourth-order valence-corrected chi connectivity index (χ4v) is 3.42. The van der Waals surface area contributed by atoms with Gasteiger partial charge in [0.25, 0.3) is 5.22 Å². The number of nitrogens with zero attached hydrogens (tertiary/aromatic N) is 1. The van der Waals surface area contributed by atoms with Crippen LogP contribution in [0.5, 0.6) is 11.5 Å². The molecule has 1 aromatic heterocycles. The zero-order chi connectivity index (χ0) is 15.7. The molecule has 0 radical (unpaired) electrons. The highest BCUT2D eigenvalue weighted by atomic mass is 32.2. The van der Waals surface area contributed by atoms with Crippen molar-refractivity contribution in [2.45, 2.75) is 51.2 Å². The molecule has 118 valence electrons. The first-order chi connectivity index (χ1) is 10.6. The number of ether oxygens (including phenoxy) is 2. The second kappa shape index (κ2) is 6.24. The summed E-state index contributed by atoms with van der Waals surface area (Å²) in [6, 6.07) is 4.21. The van der Waals surface area contributed by atoms with Gasteiger partial charge < -0.3 is 13.9 Å². The average Bonchev–Trinajstić information content (AvgIpc) is 2.98. The molecule has 1 unspecified atom stereocenters. The molecule has 0 spiro atoms. The average molecular weight is 319 g/mol. The number of hydrogen-bond donors (Lipinski definition) is 0. The quantitative estimate of drug-likeness (QED) is 0.769. The maximum Gasteiger partial charge on any atom is 0.256 e. The number of hydrogen-bond acceptors (Lipinski definition) is 5. The van der Waals surface area contributed by atoms with E-state index in [4.69, 9.17) is 13.9 Å². The zero-order valence-electron chi connectivity index (χ0n) is 13.4. The molecule has 0 aliphatic carbocycles. The summed E-state index contributed by atoms with van der Waals surface area (Å²) in [5, 5.41) is 0.701. The minimum atomic E-state index is 0.240. The van der Waals surface area contributed by atoms with Crippen molar-refractivity contribution in [3.8, 4) is 11.5 Å². The number of aryl methyl sites for hydroxylation is 2. The molecule has 1 aliphatic heterocycles. The minimum absolute atomic E-state index is 0.240. The van der Waals surface area contributed by atoms with Crippen LogP contribution in [-0.4, -0.2) is 17.7 Å². The van der Waals surface area contributed by atoms with Gasteiger partial charge in [-0.3, -0.25) is 0 Å². The van der Waals surface area contributed by atoms with Crippen LogP contribution in [0.4, 0.5) is 0 Å². The smallest absolute Gasteiger partial charge is 0.256 e. The Bertz CT molecular complexity index is 661. The summed E-state index contributed by atoms with van der Waals surface area (Å²) in [4.78, 5) is 4.41. The fourth-order valence-electron chi connectivity index (χ4n) is 2.53. The summed E-state index contributed by atoms with van der Waals surface area (Å²) in [6.45, 7) is 8.64. The van der Waals surface area contributed by atoms with E-state index >= 15 is 0 Å². The van der Waals surface area contributed by atoms with E-state index in [0.29, 0.717) is 11.8 Å². The molecule has 1 aliphatic rings. The van der Waals surface area contributed by atoms with Gasteiger partial charge in [-0.1, -0.05) is 11.8 Å². The van der Waals surface area contributed by atoms with E-state index in [0.717, 1.165) is 40.7 Å². The lowest BCUT2D eigenvalue weighted by atomic mass is 10.1. The van der Waals surface area contributed by atoms with Crippen LogP contribution in [-0.2, 0) is 12.2 Å². The molecule has 0 N–H and O–H groups in total. The normalized spacial score (nSPS) is 16.5. The lowest BCUT2D eigenvalue weighted by Gasteiger charge is -2.11. The van der Waals surface area contributed by atoms with Gasteiger partial charge in [0.05, 0.1) is 12.3 Å². The molecule has 3 rings (SSSR count). The molecule has 0 fully saturated rings. The Morgan fingerprint density at radius 1 is 1.36 bits per heavy atom. The lowest BCUT2D eigenvalue weighted by Crippen LogP contribution is -2.05. The molecular formula is C17H21NO3S. The number of fused-ring (bicyclic) bond motifs is 1. The molecule has 2 heterocycles. The Balaban J connectivity index is 1.81. The van der Waals surface area contributed by atoms with Crippen LogP contribution in [0.1, 0.15) is 36.4 Å². The largest absolute Gasteiger partial charge is 0.494 e. The topological polar surface area (TPSA) is 44.5 Å². The first-order valence-electron chi connectivity index (χ1n) is 7.59. The van der Waals surface area contributed by atoms with Crippen LogP contribution in [0, 0.1) is 13.8 Å². The van der Waals surface area contributed by atoms with E-state index in [1.807, 2.05) is 20.8 Å². The highest BCUT2D eigenvalue weighted by Crippen LogP contribution is 2.37. The summed E-state index contributed by atoms with van der Waals surface area (Å²) in [5.41, 5.74) is 3.29. The molecule has 1 atom stereocenters. The lowest BCUT2D eigenvalue weighted by molar-refractivity contribution is 0.254. The van der Waals surface area contributed by atoms with Crippen LogP contribution in [0.15, 0.2) is 21.8 Å². The van der Waals surface area contributed by atoms with E-state index in [9.17, 15) is 0 Å². The van der Waals surface area contributed by atoms with Crippen molar-refractivity contribution in [2.24, 2.45) is 0 Å². The summed E-state index contributed by atoms with van der Waals surface area (Å²) in [6.07, 6.45) is 1.19. The second-order valence-corrected chi connectivity index (χ2v) is 6.47. The molecular weight excluding hydrogens is 298 g/mol. The molecule has 0 saturated carbocycles. The van der Waals surface area contributed by atoms with Crippen LogP contribution < -0.4 is 9.47 Å². The van der Waals surface area contributed by atoms with Crippen LogP contribution in [0.3, 0.4) is 0 Å². The van der Waals surface area contributed by atoms with E-state index in [-0.39, 0.29) is 6.10 Å². The van der Waals surface area contributed by atoms with E-state index in [1.54, 1.807) is 11.8 Å². The van der Waals surface area contributed by atoms with Crippen molar-refractivity contribution in [3.05, 3.63) is 34.7 Å². The number of aromatic nitrogens is 1. The van der Waals surface area contributed by atoms with Crippen LogP contribution in [0.2, 0.25) is 0 Å². The number of benzene rings is 1. The van der Waals surface area contributed by atoms with Gasteiger partial charge in [0.2, 0.25) is 0 Å². The van der Waals surface area contributed by atoms with Crippen molar-refractivity contribution >= 4 is 11.8 Å². The Labute approximate surface area is 135 Å². The van der Waals surface area contributed by atoms with Gasteiger partial charge in [-0.15, -0.1) is 0 Å². The maximum absolute atomic E-state index is 5.85. The SMILES string of the molecule is CCOc1cc2c(cc1CSc1nc(C)c(C)o1)OC(C)C2. The van der Waals surface area contributed by atoms with Gasteiger partial charge in [-0.2, -0.15) is 0 Å². The first kappa shape index (κ1) is 15.3. The summed E-state index contributed by atoms with van der Waals surface area (Å²) in [5.74, 6) is 3.54. The molecule has 5 heteroatoms. The van der Waals surface area contributed by atoms with Gasteiger partial charge in [-0.05, 0) is 39.8 Å². The highest BCUT2D eigenvalue weighted by Gasteiger charge is 2.22. The third-order valence-corrected chi connectivity index (χ3v) is 4.62. The molecule has 22 heavy (non-hydrogen) atoms. The third-order valence-electron chi connectivity index (χ3n) is 3.74. The molecule has 0 amide bonds. The van der Waals surface area contributed by atoms with Crippen molar-refractivity contribution in [3.63, 3.8) is 0 Å². The predicted molar refractivity (Wildman–Crippen MR) is 86.9 cm³/mol. The van der Waals surface area contributed by atoms with Crippen molar-refractivity contribution in [2.75, 3.05) is 6.61 Å². The maximum atomic E-state index is 5.85. The van der Waals surface area contributed by atoms with E-state index < -0.39 is 0 Å². The van der Waals surface area contributed by atoms with Gasteiger partial charge >= 0.3 is 0 Å². The minimum Gasteiger partial charge on any atom is -0.494 e. The zero-order valence-corrected chi connectivity index (χ0v) is 14.3. The number of rotatable bonds is 5. The standard InChI is InChI=1S/C17H21NO3S/c1-5-19-15-7-13-6-10(2)20-16(13)8-14(15)9-22-17-18-11(3)12(4)21-17/h7-8,10H,5-6,9H2,1-4H3. The van der Waals surface area contributed by atoms with E-state index in [1.165, 1.54) is 5.56 Å². The summed E-state index contributed by atoms with van der Waals surface area (Å²) >= 11 is 1.58. The summed E-state index contributed by atoms with van der Waals surface area (Å²) in [7, 11) is 0. The predicted octanol–water partition coefficient (Wildman–Crippen LogP) is 4.31. The molecule has 0 saturated heterocycles. The Morgan fingerprint density at radius 2 is 2.18 bits per heavy atom. The molecule has 1 aromatic carbocycles. The monoisotopic (exact) mass is 319 g/mol. The molecule has 2 aromatic rings. The van der Waals surface area contributed by atoms with Gasteiger partial charge in [0.1, 0.15) is 23.4 Å². The molecule has 0 bridgehead atoms. The number of thioether (sulfide) groups is 1. The van der Waals surface area contributed by atoms with Crippen LogP contribution >= 0.6 is 11.8 Å². The van der Waals surface area contributed by atoms with Crippen molar-refractivity contribution in [1.82, 2.24) is 4.98 Å². The Hall–Kier alpha value is -1.62. The van der Waals surface area contributed by atoms with Gasteiger partial charge in [0.15, 0.2) is 0 Å². The second-order valence-electron chi connectivity index (χ2n) is 5.54. The Morgan fingerprint density at radius 3 is 2.86 bits per heavy atom. The van der Waals surface area contributed by atoms with Crippen molar-refractivity contribution < 1.29 is 13.9 Å². The number of oxazole rings is 1. The third kappa shape index (κ3) is 3.09. The van der Waals surface area contributed by atoms with E-state index in [2.05, 4.69) is 24.0 Å².